The van der Waals surface area contributed by atoms with Crippen molar-refractivity contribution >= 4 is 0 Å². The molecule has 46 nitrogen and oxygen atoms in total. The fourth-order valence-electron chi connectivity index (χ4n) is 12.7. The predicted molar refractivity (Wildman–Crippen MR) is 297 cm³/mol. The highest BCUT2D eigenvalue weighted by atomic mass is 16.8. The van der Waals surface area contributed by atoms with Crippen molar-refractivity contribution in [3.05, 3.63) is 0 Å². The molecule has 0 aromatic carbocycles. The largest absolute Gasteiger partial charge is 0.394 e. The van der Waals surface area contributed by atoms with E-state index < -0.39 is 336 Å². The summed E-state index contributed by atoms with van der Waals surface area (Å²) in [6.45, 7) is -9.25. The second-order valence-electron chi connectivity index (χ2n) is 25.3. The van der Waals surface area contributed by atoms with Gasteiger partial charge in [0.05, 0.1) is 59.5 Å². The van der Waals surface area contributed by atoms with Gasteiger partial charge in [-0.3, -0.25) is 0 Å². The van der Waals surface area contributed by atoms with Crippen molar-refractivity contribution in [2.24, 2.45) is 0 Å². The van der Waals surface area contributed by atoms with E-state index in [0.29, 0.717) is 0 Å². The van der Waals surface area contributed by atoms with E-state index in [0.717, 1.165) is 0 Å². The molecule has 45 atom stereocenters. The zero-order valence-corrected chi connectivity index (χ0v) is 52.3. The minimum Gasteiger partial charge on any atom is -0.394 e. The van der Waals surface area contributed by atoms with Crippen molar-refractivity contribution in [3.63, 3.8) is 0 Å². The number of hydrogen-bond donors (Lipinski definition) is 29. The van der Waals surface area contributed by atoms with Gasteiger partial charge in [0.25, 0.3) is 0 Å². The summed E-state index contributed by atoms with van der Waals surface area (Å²) in [5.41, 5.74) is 0. The van der Waals surface area contributed by atoms with Crippen LogP contribution in [0.4, 0.5) is 0 Å². The van der Waals surface area contributed by atoms with Crippen LogP contribution in [-0.2, 0) is 80.5 Å². The Kier molecular flexibility index (Phi) is 29.2. The second kappa shape index (κ2) is 35.5. The number of rotatable bonds is 25. The number of aliphatic hydroxyl groups is 29. The molecule has 0 bridgehead atoms. The molecule has 584 valence electrons. The van der Waals surface area contributed by atoms with Gasteiger partial charge < -0.3 is 229 Å². The normalized spacial score (nSPS) is 53.7. The van der Waals surface area contributed by atoms with Crippen molar-refractivity contribution < 1.29 is 229 Å². The number of aliphatic hydroxyl groups excluding tert-OH is 29. The summed E-state index contributed by atoms with van der Waals surface area (Å²) in [6, 6.07) is 0. The molecule has 9 aliphatic heterocycles. The van der Waals surface area contributed by atoms with Crippen LogP contribution in [0, 0.1) is 0 Å². The van der Waals surface area contributed by atoms with Gasteiger partial charge in [0.2, 0.25) is 0 Å². The minimum atomic E-state index is -2.55. The zero-order valence-electron chi connectivity index (χ0n) is 52.3. The summed E-state index contributed by atoms with van der Waals surface area (Å²) < 4.78 is 96.9. The van der Waals surface area contributed by atoms with Crippen LogP contribution in [-0.4, -0.2) is 484 Å². The maximum Gasteiger partial charge on any atom is 0.187 e. The molecule has 0 aromatic rings. The SMILES string of the molecule is OC[C@H]1O[C@H](OC[C@H]2O[C@@H](O[C@H]3[C@H](O)[C@H](O)[C@H](O[C@H]4[C@H](O)[C@H](O)[C@H](O[C@H]5[C@H](O)[C@H](O)[C@H](O[C@H]6[C@H](O)[C@H](O)C(O)O[C@@H]6CO)O[C@@H]5CO)O[C@@H]4CO[C@H]4O[C@H](CO)[C@H](O)[C@H](O)[C@H]4O)O[C@@H]3CO[C@H]3O[C@H](CO)[C@H](O)[C@H](O)[C@H]3O)[C@@H](O)[C@@H](O)[C@@H]2O[C@@H]2O[C@H](CO)[C@@H](O)[C@H](O)[C@@H]2O)[C@H](O)[C@@H](O)[C@H]1O. The highest BCUT2D eigenvalue weighted by Crippen LogP contribution is 2.39. The molecular formula is C54H92O46. The minimum absolute atomic E-state index is 0.949. The topological polar surface area (TPSA) is 744 Å². The van der Waals surface area contributed by atoms with Crippen molar-refractivity contribution in [2.75, 3.05) is 59.5 Å². The molecule has 0 aliphatic carbocycles. The van der Waals surface area contributed by atoms with E-state index in [2.05, 4.69) is 0 Å². The molecule has 0 spiro atoms. The van der Waals surface area contributed by atoms with Crippen LogP contribution >= 0.6 is 0 Å². The van der Waals surface area contributed by atoms with Crippen LogP contribution < -0.4 is 0 Å². The lowest BCUT2D eigenvalue weighted by atomic mass is 9.95. The van der Waals surface area contributed by atoms with Crippen LogP contribution in [0.5, 0.6) is 0 Å². The van der Waals surface area contributed by atoms with Crippen LogP contribution in [0.25, 0.3) is 0 Å². The van der Waals surface area contributed by atoms with Gasteiger partial charge in [-0.05, 0) is 0 Å². The van der Waals surface area contributed by atoms with E-state index in [4.69, 9.17) is 80.5 Å². The average molecular weight is 1480 g/mol. The molecule has 46 heteroatoms. The standard InChI is InChI=1S/C54H92O46/c55-1-10-19(61)23(65)33(75)47(88-10)84-7-16-43(98-50-36(78)26(68)22(64)13(4-58)91-50)30(72)39(81)53(94-16)100-45-18(9-86-49-35(77)25(67)21(63)12(3-57)90-49)95-54(40(82)31(45)73)99-44-17(8-85-48-34(76)24(66)20(62)11(2-56)89-48)93-52(38(80)29(44)71)97-42-15(6-60)92-51(37(79)28(42)70)96-41-14(5-59)87-46(83)32(74)27(41)69/h10-83H,1-9H2/t10-,11-,12-,13-,14-,15-,16-,17-,18-,19+,20+,21+,22-,23+,24+,25+,26+,27-,28-,29-,30-,31-,32+,33-,34-,35-,36+,37+,38+,39+,40+,41-,42-,43-,44-,45-,46?,47+,48+,49+,50+,51+,52+,53+,54+/m1/s1. The van der Waals surface area contributed by atoms with E-state index in [1.54, 1.807) is 0 Å². The van der Waals surface area contributed by atoms with E-state index in [9.17, 15) is 148 Å². The van der Waals surface area contributed by atoms with E-state index in [1.165, 1.54) is 0 Å². The first-order chi connectivity index (χ1) is 47.4. The molecule has 0 radical (unpaired) electrons. The van der Waals surface area contributed by atoms with Crippen molar-refractivity contribution in [2.45, 2.75) is 276 Å². The predicted octanol–water partition coefficient (Wildman–Crippen LogP) is -20.6. The third-order valence-corrected chi connectivity index (χ3v) is 18.7. The van der Waals surface area contributed by atoms with Crippen LogP contribution in [0.1, 0.15) is 0 Å². The Morgan fingerprint density at radius 2 is 0.350 bits per heavy atom. The zero-order chi connectivity index (χ0) is 73.4. The molecule has 0 saturated carbocycles. The molecule has 100 heavy (non-hydrogen) atoms. The monoisotopic (exact) mass is 1480 g/mol. The van der Waals surface area contributed by atoms with Gasteiger partial charge in [-0.2, -0.15) is 0 Å². The smallest absolute Gasteiger partial charge is 0.187 e. The summed E-state index contributed by atoms with van der Waals surface area (Å²) in [7, 11) is 0. The van der Waals surface area contributed by atoms with Crippen LogP contribution in [0.15, 0.2) is 0 Å². The molecule has 29 N–H and O–H groups in total. The van der Waals surface area contributed by atoms with Crippen molar-refractivity contribution in [3.8, 4) is 0 Å². The Bertz CT molecular complexity index is 2450. The molecule has 0 aromatic heterocycles. The third kappa shape index (κ3) is 17.2. The second-order valence-corrected chi connectivity index (χ2v) is 25.3. The summed E-state index contributed by atoms with van der Waals surface area (Å²) in [5.74, 6) is 0. The van der Waals surface area contributed by atoms with Gasteiger partial charge >= 0.3 is 0 Å². The summed E-state index contributed by atoms with van der Waals surface area (Å²) in [5, 5.41) is 313. The number of ether oxygens (including phenoxy) is 17. The van der Waals surface area contributed by atoms with Gasteiger partial charge in [-0.1, -0.05) is 0 Å². The lowest BCUT2D eigenvalue weighted by Gasteiger charge is -2.50. The fourth-order valence-corrected chi connectivity index (χ4v) is 12.7. The molecule has 9 rings (SSSR count). The Hall–Kier alpha value is -1.84. The maximum atomic E-state index is 12.2. The van der Waals surface area contributed by atoms with E-state index in [1.807, 2.05) is 0 Å². The van der Waals surface area contributed by atoms with Gasteiger partial charge in [0.15, 0.2) is 56.6 Å². The molecule has 9 saturated heterocycles. The first-order valence-corrected chi connectivity index (χ1v) is 31.7. The Morgan fingerprint density at radius 1 is 0.170 bits per heavy atom. The van der Waals surface area contributed by atoms with Gasteiger partial charge in [-0.15, -0.1) is 0 Å². The lowest BCUT2D eigenvalue weighted by molar-refractivity contribution is -0.401. The van der Waals surface area contributed by atoms with Crippen LogP contribution in [0.2, 0.25) is 0 Å². The Morgan fingerprint density at radius 3 is 0.600 bits per heavy atom. The first kappa shape index (κ1) is 82.2. The quantitative estimate of drug-likeness (QED) is 0.0404. The Balaban J connectivity index is 0.993. The van der Waals surface area contributed by atoms with E-state index >= 15 is 0 Å². The van der Waals surface area contributed by atoms with Crippen LogP contribution in [0.3, 0.4) is 0 Å². The molecular weight excluding hydrogens is 1380 g/mol. The third-order valence-electron chi connectivity index (χ3n) is 18.7. The highest BCUT2D eigenvalue weighted by molar-refractivity contribution is 5.02. The molecule has 1 unspecified atom stereocenters. The molecule has 0 amide bonds. The summed E-state index contributed by atoms with van der Waals surface area (Å²) in [4.78, 5) is 0. The maximum absolute atomic E-state index is 12.2. The summed E-state index contributed by atoms with van der Waals surface area (Å²) >= 11 is 0. The number of hydrogen-bond acceptors (Lipinski definition) is 46. The van der Waals surface area contributed by atoms with Crippen molar-refractivity contribution in [1.82, 2.24) is 0 Å². The molecule has 9 aliphatic rings. The Labute approximate surface area is 563 Å². The van der Waals surface area contributed by atoms with Gasteiger partial charge in [-0.25, -0.2) is 0 Å². The van der Waals surface area contributed by atoms with E-state index in [-0.39, 0.29) is 0 Å². The fraction of sp³-hybridized carbons (Fsp3) is 1.00. The van der Waals surface area contributed by atoms with Crippen molar-refractivity contribution in [1.29, 1.82) is 0 Å². The highest BCUT2D eigenvalue weighted by Gasteiger charge is 2.60. The first-order valence-electron chi connectivity index (χ1n) is 31.7. The van der Waals surface area contributed by atoms with Gasteiger partial charge in [0.1, 0.15) is 220 Å². The lowest BCUT2D eigenvalue weighted by Crippen LogP contribution is -2.68. The molecule has 9 heterocycles. The molecule has 9 fully saturated rings. The van der Waals surface area contributed by atoms with Gasteiger partial charge in [0, 0.05) is 0 Å². The average Bonchev–Trinajstić information content (AvgIpc) is 0.769. The summed E-state index contributed by atoms with van der Waals surface area (Å²) in [6.07, 6.45) is -93.8.